The minimum atomic E-state index is -0.352. The van der Waals surface area contributed by atoms with Crippen LogP contribution in [0, 0.1) is 5.82 Å². The predicted molar refractivity (Wildman–Crippen MR) is 91.6 cm³/mol. The van der Waals surface area contributed by atoms with E-state index in [-0.39, 0.29) is 11.8 Å². The van der Waals surface area contributed by atoms with Crippen LogP contribution in [0.25, 0.3) is 27.5 Å². The molecule has 0 bridgehead atoms. The van der Waals surface area contributed by atoms with E-state index < -0.39 is 0 Å². The maximum Gasteiger partial charge on any atom is 0.339 e. The fourth-order valence-electron chi connectivity index (χ4n) is 2.95. The molecule has 24 heavy (non-hydrogen) atoms. The third-order valence-electron chi connectivity index (χ3n) is 4.17. The minimum Gasteiger partial charge on any atom is -0.465 e. The molecule has 0 fully saturated rings. The standard InChI is InChI=1S/C20H14FNO2/c1-24-20(23)16-11-18-8-4-15-10-14(5-9-19(15)22(18)12-16)13-2-6-17(21)7-3-13/h2-12H,1H3. The molecule has 118 valence electrons. The molecule has 3 nitrogen and oxygen atoms in total. The van der Waals surface area contributed by atoms with Gasteiger partial charge in [0, 0.05) is 11.7 Å². The molecule has 4 rings (SSSR count). The van der Waals surface area contributed by atoms with Crippen LogP contribution in [0.4, 0.5) is 4.39 Å². The summed E-state index contributed by atoms with van der Waals surface area (Å²) in [5, 5.41) is 1.04. The van der Waals surface area contributed by atoms with Crippen LogP contribution in [-0.4, -0.2) is 17.5 Å². The number of carbonyl (C=O) groups is 1. The highest BCUT2D eigenvalue weighted by Gasteiger charge is 2.10. The van der Waals surface area contributed by atoms with Gasteiger partial charge >= 0.3 is 5.97 Å². The molecule has 0 radical (unpaired) electrons. The van der Waals surface area contributed by atoms with Crippen molar-refractivity contribution in [3.05, 3.63) is 78.2 Å². The van der Waals surface area contributed by atoms with Crippen LogP contribution in [0.5, 0.6) is 0 Å². The van der Waals surface area contributed by atoms with Gasteiger partial charge in [0.2, 0.25) is 0 Å². The van der Waals surface area contributed by atoms with Crippen LogP contribution in [0.1, 0.15) is 10.4 Å². The van der Waals surface area contributed by atoms with Crippen molar-refractivity contribution in [2.24, 2.45) is 0 Å². The number of halogens is 1. The highest BCUT2D eigenvalue weighted by atomic mass is 19.1. The Labute approximate surface area is 137 Å². The second-order valence-corrected chi connectivity index (χ2v) is 5.63. The molecule has 0 saturated carbocycles. The minimum absolute atomic E-state index is 0.246. The number of rotatable bonds is 2. The SMILES string of the molecule is COC(=O)c1cc2ccc3cc(-c4ccc(F)cc4)ccc3n2c1. The summed E-state index contributed by atoms with van der Waals surface area (Å²) in [5.74, 6) is -0.598. The van der Waals surface area contributed by atoms with E-state index in [1.807, 2.05) is 28.7 Å². The molecule has 0 N–H and O–H groups in total. The summed E-state index contributed by atoms with van der Waals surface area (Å²) >= 11 is 0. The van der Waals surface area contributed by atoms with Crippen LogP contribution >= 0.6 is 0 Å². The number of carbonyl (C=O) groups excluding carboxylic acids is 1. The maximum absolute atomic E-state index is 13.1. The monoisotopic (exact) mass is 319 g/mol. The van der Waals surface area contributed by atoms with Crippen LogP contribution in [0.2, 0.25) is 0 Å². The average Bonchev–Trinajstić information content (AvgIpc) is 3.06. The lowest BCUT2D eigenvalue weighted by Crippen LogP contribution is -1.98. The second kappa shape index (κ2) is 5.49. The molecule has 0 spiro atoms. The molecule has 0 saturated heterocycles. The van der Waals surface area contributed by atoms with E-state index in [0.717, 1.165) is 27.5 Å². The molecule has 0 unspecified atom stereocenters. The lowest BCUT2D eigenvalue weighted by molar-refractivity contribution is 0.0601. The van der Waals surface area contributed by atoms with Crippen molar-refractivity contribution in [1.29, 1.82) is 0 Å². The van der Waals surface area contributed by atoms with Gasteiger partial charge in [-0.15, -0.1) is 0 Å². The third kappa shape index (κ3) is 2.33. The molecule has 4 heteroatoms. The number of hydrogen-bond donors (Lipinski definition) is 0. The molecule has 2 aromatic heterocycles. The van der Waals surface area contributed by atoms with Crippen LogP contribution in [-0.2, 0) is 4.74 Å². The van der Waals surface area contributed by atoms with E-state index in [4.69, 9.17) is 4.74 Å². The Bertz CT molecular complexity index is 1060. The number of benzene rings is 2. The summed E-state index contributed by atoms with van der Waals surface area (Å²) in [5.41, 5.74) is 4.42. The molecule has 0 aliphatic carbocycles. The summed E-state index contributed by atoms with van der Waals surface area (Å²) in [6.07, 6.45) is 1.78. The summed E-state index contributed by atoms with van der Waals surface area (Å²) in [4.78, 5) is 11.7. The highest BCUT2D eigenvalue weighted by Crippen LogP contribution is 2.26. The molecule has 4 aromatic rings. The summed E-state index contributed by atoms with van der Waals surface area (Å²) in [6, 6.07) is 18.3. The Morgan fingerprint density at radius 2 is 1.71 bits per heavy atom. The van der Waals surface area contributed by atoms with Gasteiger partial charge in [0.15, 0.2) is 0 Å². The molecular weight excluding hydrogens is 305 g/mol. The molecule has 0 amide bonds. The molecule has 0 aliphatic heterocycles. The Kier molecular flexibility index (Phi) is 3.31. The normalized spacial score (nSPS) is 11.1. The summed E-state index contributed by atoms with van der Waals surface area (Å²) < 4.78 is 19.8. The first-order chi connectivity index (χ1) is 11.7. The van der Waals surface area contributed by atoms with E-state index in [2.05, 4.69) is 6.07 Å². The van der Waals surface area contributed by atoms with Crippen molar-refractivity contribution < 1.29 is 13.9 Å². The number of methoxy groups -OCH3 is 1. The van der Waals surface area contributed by atoms with Gasteiger partial charge in [0.05, 0.1) is 18.2 Å². The van der Waals surface area contributed by atoms with Crippen molar-refractivity contribution in [3.8, 4) is 11.1 Å². The van der Waals surface area contributed by atoms with Crippen molar-refractivity contribution in [2.75, 3.05) is 7.11 Å². The zero-order valence-corrected chi connectivity index (χ0v) is 13.0. The Morgan fingerprint density at radius 1 is 0.958 bits per heavy atom. The zero-order valence-electron chi connectivity index (χ0n) is 13.0. The molecule has 2 heterocycles. The molecule has 2 aromatic carbocycles. The van der Waals surface area contributed by atoms with Crippen molar-refractivity contribution in [3.63, 3.8) is 0 Å². The fourth-order valence-corrected chi connectivity index (χ4v) is 2.95. The van der Waals surface area contributed by atoms with Crippen molar-refractivity contribution in [2.45, 2.75) is 0 Å². The van der Waals surface area contributed by atoms with E-state index in [0.29, 0.717) is 5.56 Å². The first-order valence-electron chi connectivity index (χ1n) is 7.55. The largest absolute Gasteiger partial charge is 0.465 e. The van der Waals surface area contributed by atoms with E-state index in [1.54, 1.807) is 24.4 Å². The maximum atomic E-state index is 13.1. The van der Waals surface area contributed by atoms with E-state index >= 15 is 0 Å². The van der Waals surface area contributed by atoms with Gasteiger partial charge < -0.3 is 9.14 Å². The first-order valence-corrected chi connectivity index (χ1v) is 7.55. The van der Waals surface area contributed by atoms with Gasteiger partial charge in [-0.2, -0.15) is 0 Å². The average molecular weight is 319 g/mol. The lowest BCUT2D eigenvalue weighted by atomic mass is 10.0. The second-order valence-electron chi connectivity index (χ2n) is 5.63. The summed E-state index contributed by atoms with van der Waals surface area (Å²) in [7, 11) is 1.37. The highest BCUT2D eigenvalue weighted by molar-refractivity contribution is 5.93. The Hall–Kier alpha value is -3.14. The van der Waals surface area contributed by atoms with Gasteiger partial charge in [-0.1, -0.05) is 24.3 Å². The predicted octanol–water partition coefficient (Wildman–Crippen LogP) is 4.69. The fraction of sp³-hybridized carbons (Fsp3) is 0.0500. The van der Waals surface area contributed by atoms with Crippen molar-refractivity contribution >= 4 is 22.4 Å². The number of nitrogens with zero attached hydrogens (tertiary/aromatic N) is 1. The van der Waals surface area contributed by atoms with Gasteiger partial charge in [-0.3, -0.25) is 0 Å². The van der Waals surface area contributed by atoms with Gasteiger partial charge in [-0.25, -0.2) is 9.18 Å². The van der Waals surface area contributed by atoms with Crippen LogP contribution in [0.3, 0.4) is 0 Å². The van der Waals surface area contributed by atoms with Crippen LogP contribution < -0.4 is 0 Å². The topological polar surface area (TPSA) is 30.7 Å². The smallest absolute Gasteiger partial charge is 0.339 e. The van der Waals surface area contributed by atoms with E-state index in [9.17, 15) is 9.18 Å². The molecule has 0 atom stereocenters. The summed E-state index contributed by atoms with van der Waals surface area (Å²) in [6.45, 7) is 0. The number of aromatic nitrogens is 1. The number of pyridine rings is 1. The van der Waals surface area contributed by atoms with Gasteiger partial charge in [0.1, 0.15) is 5.82 Å². The van der Waals surface area contributed by atoms with Gasteiger partial charge in [0.25, 0.3) is 0 Å². The number of fused-ring (bicyclic) bond motifs is 3. The third-order valence-corrected chi connectivity index (χ3v) is 4.17. The van der Waals surface area contributed by atoms with Crippen molar-refractivity contribution in [1.82, 2.24) is 4.40 Å². The number of ether oxygens (including phenoxy) is 1. The Morgan fingerprint density at radius 3 is 2.46 bits per heavy atom. The van der Waals surface area contributed by atoms with Crippen LogP contribution in [0.15, 0.2) is 66.9 Å². The quantitative estimate of drug-likeness (QED) is 0.502. The number of esters is 1. The van der Waals surface area contributed by atoms with E-state index in [1.165, 1.54) is 19.2 Å². The molecule has 0 aliphatic rings. The van der Waals surface area contributed by atoms with Gasteiger partial charge in [-0.05, 0) is 52.9 Å². The Balaban J connectivity index is 1.87. The zero-order chi connectivity index (χ0) is 16.7. The first kappa shape index (κ1) is 14.5. The number of hydrogen-bond acceptors (Lipinski definition) is 2. The lowest BCUT2D eigenvalue weighted by Gasteiger charge is -2.06. The molecular formula is C20H14FNO2.